The number of hydrogen-bond acceptors (Lipinski definition) is 4. The number of rotatable bonds is 3. The summed E-state index contributed by atoms with van der Waals surface area (Å²) in [7, 11) is 0. The first-order valence-corrected chi connectivity index (χ1v) is 8.51. The summed E-state index contributed by atoms with van der Waals surface area (Å²) in [5.41, 5.74) is 6.89. The van der Waals surface area contributed by atoms with Crippen molar-refractivity contribution in [3.63, 3.8) is 0 Å². The third-order valence-corrected chi connectivity index (χ3v) is 4.58. The lowest BCUT2D eigenvalue weighted by Crippen LogP contribution is -2.45. The molecule has 2 rings (SSSR count). The molecule has 22 heavy (non-hydrogen) atoms. The molecule has 0 saturated carbocycles. The van der Waals surface area contributed by atoms with Gasteiger partial charge in [-0.15, -0.1) is 0 Å². The van der Waals surface area contributed by atoms with Crippen molar-refractivity contribution >= 4 is 21.9 Å². The molecule has 1 aliphatic heterocycles. The van der Waals surface area contributed by atoms with Crippen molar-refractivity contribution in [3.05, 3.63) is 33.8 Å². The standard InChI is InChI=1S/C17H25BrN2O2/c1-16(2,3)15(21)22-17(6-8-20-9-7-17)14-5-4-13(18)10-12(14)11-19/h4-5,10,20H,6-9,11,19H2,1-3H3. The maximum Gasteiger partial charge on any atom is 0.312 e. The zero-order valence-corrected chi connectivity index (χ0v) is 15.1. The van der Waals surface area contributed by atoms with Crippen LogP contribution in [-0.2, 0) is 21.7 Å². The van der Waals surface area contributed by atoms with E-state index in [4.69, 9.17) is 10.5 Å². The lowest BCUT2D eigenvalue weighted by molar-refractivity contribution is -0.174. The molecule has 0 bridgehead atoms. The Labute approximate surface area is 140 Å². The van der Waals surface area contributed by atoms with E-state index in [0.717, 1.165) is 41.5 Å². The summed E-state index contributed by atoms with van der Waals surface area (Å²) >= 11 is 3.49. The first-order valence-electron chi connectivity index (χ1n) is 7.72. The predicted octanol–water partition coefficient (Wildman–Crippen LogP) is 3.08. The van der Waals surface area contributed by atoms with Crippen LogP contribution in [-0.4, -0.2) is 19.1 Å². The molecule has 3 N–H and O–H groups in total. The second kappa shape index (κ2) is 6.69. The zero-order chi connectivity index (χ0) is 16.4. The van der Waals surface area contributed by atoms with E-state index in [1.54, 1.807) is 0 Å². The van der Waals surface area contributed by atoms with Crippen LogP contribution in [0.5, 0.6) is 0 Å². The number of ether oxygens (including phenoxy) is 1. The van der Waals surface area contributed by atoms with Crippen LogP contribution in [0.3, 0.4) is 0 Å². The van der Waals surface area contributed by atoms with Crippen LogP contribution in [0.15, 0.2) is 22.7 Å². The number of piperidine rings is 1. The number of nitrogens with one attached hydrogen (secondary N) is 1. The van der Waals surface area contributed by atoms with Crippen molar-refractivity contribution < 1.29 is 9.53 Å². The van der Waals surface area contributed by atoms with Gasteiger partial charge < -0.3 is 15.8 Å². The maximum absolute atomic E-state index is 12.5. The summed E-state index contributed by atoms with van der Waals surface area (Å²) in [5, 5.41) is 3.34. The van der Waals surface area contributed by atoms with Gasteiger partial charge in [-0.3, -0.25) is 4.79 Å². The molecule has 1 heterocycles. The van der Waals surface area contributed by atoms with Crippen LogP contribution in [0.2, 0.25) is 0 Å². The normalized spacial score (nSPS) is 18.0. The summed E-state index contributed by atoms with van der Waals surface area (Å²) in [6, 6.07) is 6.04. The topological polar surface area (TPSA) is 64.3 Å². The summed E-state index contributed by atoms with van der Waals surface area (Å²) in [6.07, 6.45) is 1.53. The molecular formula is C17H25BrN2O2. The third kappa shape index (κ3) is 3.70. The van der Waals surface area contributed by atoms with Crippen molar-refractivity contribution in [1.29, 1.82) is 0 Å². The number of benzene rings is 1. The van der Waals surface area contributed by atoms with Gasteiger partial charge in [0.05, 0.1) is 5.41 Å². The second-order valence-electron chi connectivity index (χ2n) is 6.89. The van der Waals surface area contributed by atoms with Crippen molar-refractivity contribution in [3.8, 4) is 0 Å². The molecule has 0 aliphatic carbocycles. The van der Waals surface area contributed by atoms with Crippen LogP contribution in [0, 0.1) is 5.41 Å². The Kier molecular flexibility index (Phi) is 5.30. The summed E-state index contributed by atoms with van der Waals surface area (Å²) in [5.74, 6) is -0.166. The highest BCUT2D eigenvalue weighted by Crippen LogP contribution is 2.39. The molecule has 1 fully saturated rings. The Morgan fingerprint density at radius 2 is 2.00 bits per heavy atom. The average Bonchev–Trinajstić information content (AvgIpc) is 2.46. The summed E-state index contributed by atoms with van der Waals surface area (Å²) in [6.45, 7) is 7.74. The fourth-order valence-electron chi connectivity index (χ4n) is 2.76. The minimum absolute atomic E-state index is 0.166. The molecule has 0 unspecified atom stereocenters. The zero-order valence-electron chi connectivity index (χ0n) is 13.5. The monoisotopic (exact) mass is 368 g/mol. The second-order valence-corrected chi connectivity index (χ2v) is 7.81. The molecule has 0 amide bonds. The summed E-state index contributed by atoms with van der Waals surface area (Å²) in [4.78, 5) is 12.5. The van der Waals surface area contributed by atoms with Gasteiger partial charge in [-0.1, -0.05) is 22.0 Å². The van der Waals surface area contributed by atoms with Gasteiger partial charge in [0.15, 0.2) is 0 Å². The smallest absolute Gasteiger partial charge is 0.312 e. The molecule has 0 atom stereocenters. The molecular weight excluding hydrogens is 344 g/mol. The Hall–Kier alpha value is -0.910. The summed E-state index contributed by atoms with van der Waals surface area (Å²) < 4.78 is 7.05. The predicted molar refractivity (Wildman–Crippen MR) is 91.4 cm³/mol. The first-order chi connectivity index (χ1) is 10.3. The van der Waals surface area contributed by atoms with Crippen LogP contribution >= 0.6 is 15.9 Å². The van der Waals surface area contributed by atoms with Crippen molar-refractivity contribution in [2.75, 3.05) is 13.1 Å². The van der Waals surface area contributed by atoms with Crippen LogP contribution in [0.4, 0.5) is 0 Å². The Morgan fingerprint density at radius 1 is 1.36 bits per heavy atom. The fraction of sp³-hybridized carbons (Fsp3) is 0.588. The molecule has 122 valence electrons. The highest BCUT2D eigenvalue weighted by molar-refractivity contribution is 9.10. The van der Waals surface area contributed by atoms with E-state index in [2.05, 4.69) is 21.2 Å². The highest BCUT2D eigenvalue weighted by Gasteiger charge is 2.41. The number of carbonyl (C=O) groups is 1. The first kappa shape index (κ1) is 17.4. The van der Waals surface area contributed by atoms with Crippen LogP contribution in [0.25, 0.3) is 0 Å². The Morgan fingerprint density at radius 3 is 2.55 bits per heavy atom. The van der Waals surface area contributed by atoms with Gasteiger partial charge in [-0.2, -0.15) is 0 Å². The molecule has 1 aromatic carbocycles. The SMILES string of the molecule is CC(C)(C)C(=O)OC1(c2ccc(Br)cc2CN)CCNCC1. The lowest BCUT2D eigenvalue weighted by atomic mass is 9.81. The molecule has 0 aromatic heterocycles. The van der Waals surface area contributed by atoms with Gasteiger partial charge >= 0.3 is 5.97 Å². The van der Waals surface area contributed by atoms with Gasteiger partial charge in [-0.05, 0) is 51.6 Å². The Bertz CT molecular complexity index is 546. The van der Waals surface area contributed by atoms with E-state index in [0.29, 0.717) is 6.54 Å². The highest BCUT2D eigenvalue weighted by atomic mass is 79.9. The van der Waals surface area contributed by atoms with E-state index < -0.39 is 11.0 Å². The van der Waals surface area contributed by atoms with Gasteiger partial charge in [0.25, 0.3) is 0 Å². The molecule has 0 radical (unpaired) electrons. The minimum Gasteiger partial charge on any atom is -0.454 e. The number of carbonyl (C=O) groups excluding carboxylic acids is 1. The molecule has 4 nitrogen and oxygen atoms in total. The fourth-order valence-corrected chi connectivity index (χ4v) is 3.17. The third-order valence-electron chi connectivity index (χ3n) is 4.09. The molecule has 1 aliphatic rings. The van der Waals surface area contributed by atoms with Crippen molar-refractivity contribution in [1.82, 2.24) is 5.32 Å². The number of hydrogen-bond donors (Lipinski definition) is 2. The van der Waals surface area contributed by atoms with Crippen molar-refractivity contribution in [2.24, 2.45) is 11.1 Å². The molecule has 5 heteroatoms. The minimum atomic E-state index is -0.578. The van der Waals surface area contributed by atoms with Crippen LogP contribution < -0.4 is 11.1 Å². The number of esters is 1. The van der Waals surface area contributed by atoms with E-state index in [1.807, 2.05) is 39.0 Å². The van der Waals surface area contributed by atoms with E-state index >= 15 is 0 Å². The van der Waals surface area contributed by atoms with E-state index in [-0.39, 0.29) is 5.97 Å². The van der Waals surface area contributed by atoms with Gasteiger partial charge in [0.2, 0.25) is 0 Å². The Balaban J connectivity index is 2.44. The van der Waals surface area contributed by atoms with Gasteiger partial charge in [-0.25, -0.2) is 0 Å². The molecule has 1 aromatic rings. The van der Waals surface area contributed by atoms with Crippen LogP contribution in [0.1, 0.15) is 44.7 Å². The number of nitrogens with two attached hydrogens (primary N) is 1. The van der Waals surface area contributed by atoms with Crippen molar-refractivity contribution in [2.45, 2.75) is 45.8 Å². The quantitative estimate of drug-likeness (QED) is 0.804. The maximum atomic E-state index is 12.5. The van der Waals surface area contributed by atoms with E-state index in [9.17, 15) is 4.79 Å². The van der Waals surface area contributed by atoms with Gasteiger partial charge in [0, 0.05) is 29.4 Å². The van der Waals surface area contributed by atoms with Gasteiger partial charge in [0.1, 0.15) is 5.60 Å². The molecule has 1 saturated heterocycles. The van der Waals surface area contributed by atoms with E-state index in [1.165, 1.54) is 0 Å². The lowest BCUT2D eigenvalue weighted by Gasteiger charge is -2.40. The molecule has 0 spiro atoms. The number of halogens is 1. The average molecular weight is 369 g/mol. The largest absolute Gasteiger partial charge is 0.454 e.